The predicted molar refractivity (Wildman–Crippen MR) is 88.7 cm³/mol. The van der Waals surface area contributed by atoms with Crippen molar-refractivity contribution in [3.05, 3.63) is 35.4 Å². The number of nitrogens with zero attached hydrogens (tertiary/aromatic N) is 1. The highest BCUT2D eigenvalue weighted by Gasteiger charge is 2.28. The van der Waals surface area contributed by atoms with Gasteiger partial charge in [-0.1, -0.05) is 43.7 Å². The third kappa shape index (κ3) is 4.29. The largest absolute Gasteiger partial charge is 0.376 e. The van der Waals surface area contributed by atoms with Gasteiger partial charge in [0.05, 0.1) is 12.7 Å². The summed E-state index contributed by atoms with van der Waals surface area (Å²) in [4.78, 5) is 2.57. The minimum absolute atomic E-state index is 0.381. The molecule has 118 valence electrons. The summed E-state index contributed by atoms with van der Waals surface area (Å²) in [5, 5.41) is 3.67. The Labute approximate surface area is 129 Å². The van der Waals surface area contributed by atoms with E-state index < -0.39 is 0 Å². The summed E-state index contributed by atoms with van der Waals surface area (Å²) >= 11 is 0. The van der Waals surface area contributed by atoms with E-state index in [0.717, 1.165) is 32.7 Å². The SMILES string of the molecule is CCNC(c1ccc(C)cc1)C(C)N1CCOC(CC)C1. The standard InChI is InChI=1S/C18H30N2O/c1-5-17-13-20(11-12-21-17)15(4)18(19-6-2)16-9-7-14(3)8-10-16/h7-10,15,17-19H,5-6,11-13H2,1-4H3. The van der Waals surface area contributed by atoms with Crippen molar-refractivity contribution in [3.63, 3.8) is 0 Å². The van der Waals surface area contributed by atoms with E-state index in [9.17, 15) is 0 Å². The quantitative estimate of drug-likeness (QED) is 0.871. The fourth-order valence-corrected chi connectivity index (χ4v) is 3.13. The van der Waals surface area contributed by atoms with Crippen LogP contribution in [0, 0.1) is 6.92 Å². The predicted octanol–water partition coefficient (Wildman–Crippen LogP) is 3.14. The second kappa shape index (κ2) is 7.92. The molecule has 1 heterocycles. The molecule has 1 N–H and O–H groups in total. The van der Waals surface area contributed by atoms with E-state index in [-0.39, 0.29) is 0 Å². The molecule has 0 aliphatic carbocycles. The Balaban J connectivity index is 2.11. The molecule has 3 heteroatoms. The van der Waals surface area contributed by atoms with Crippen LogP contribution in [0.2, 0.25) is 0 Å². The molecular weight excluding hydrogens is 260 g/mol. The first-order valence-electron chi connectivity index (χ1n) is 8.31. The summed E-state index contributed by atoms with van der Waals surface area (Å²) in [5.74, 6) is 0. The van der Waals surface area contributed by atoms with Crippen molar-refractivity contribution in [3.8, 4) is 0 Å². The Kier molecular flexibility index (Phi) is 6.22. The van der Waals surface area contributed by atoms with E-state index in [1.54, 1.807) is 0 Å². The van der Waals surface area contributed by atoms with E-state index in [2.05, 4.69) is 62.2 Å². The Morgan fingerprint density at radius 2 is 2.00 bits per heavy atom. The van der Waals surface area contributed by atoms with Gasteiger partial charge in [0, 0.05) is 25.2 Å². The van der Waals surface area contributed by atoms with Crippen molar-refractivity contribution < 1.29 is 4.74 Å². The molecule has 1 aromatic rings. The molecular formula is C18H30N2O. The van der Waals surface area contributed by atoms with Crippen LogP contribution in [0.1, 0.15) is 44.4 Å². The molecule has 2 rings (SSSR count). The summed E-state index contributed by atoms with van der Waals surface area (Å²) in [6, 6.07) is 9.80. The van der Waals surface area contributed by atoms with Gasteiger partial charge in [-0.3, -0.25) is 4.90 Å². The van der Waals surface area contributed by atoms with Crippen molar-refractivity contribution in [2.24, 2.45) is 0 Å². The minimum Gasteiger partial charge on any atom is -0.376 e. The topological polar surface area (TPSA) is 24.5 Å². The lowest BCUT2D eigenvalue weighted by Crippen LogP contribution is -2.50. The van der Waals surface area contributed by atoms with E-state index in [4.69, 9.17) is 4.74 Å². The summed E-state index contributed by atoms with van der Waals surface area (Å²) in [6.45, 7) is 12.8. The lowest BCUT2D eigenvalue weighted by atomic mass is 9.97. The number of likely N-dealkylation sites (N-methyl/N-ethyl adjacent to an activating group) is 1. The van der Waals surface area contributed by atoms with Crippen molar-refractivity contribution in [2.45, 2.75) is 52.3 Å². The number of aryl methyl sites for hydroxylation is 1. The zero-order chi connectivity index (χ0) is 15.2. The van der Waals surface area contributed by atoms with Gasteiger partial charge in [-0.15, -0.1) is 0 Å². The molecule has 3 unspecified atom stereocenters. The zero-order valence-corrected chi connectivity index (χ0v) is 13.9. The number of nitrogens with one attached hydrogen (secondary N) is 1. The molecule has 1 aromatic carbocycles. The van der Waals surface area contributed by atoms with Crippen LogP contribution in [-0.2, 0) is 4.74 Å². The zero-order valence-electron chi connectivity index (χ0n) is 13.9. The highest BCUT2D eigenvalue weighted by molar-refractivity contribution is 5.25. The van der Waals surface area contributed by atoms with Gasteiger partial charge in [0.25, 0.3) is 0 Å². The van der Waals surface area contributed by atoms with Crippen molar-refractivity contribution in [1.82, 2.24) is 10.2 Å². The first-order valence-corrected chi connectivity index (χ1v) is 8.31. The maximum absolute atomic E-state index is 5.81. The van der Waals surface area contributed by atoms with Gasteiger partial charge in [0.15, 0.2) is 0 Å². The molecule has 0 amide bonds. The van der Waals surface area contributed by atoms with Crippen LogP contribution in [0.4, 0.5) is 0 Å². The first-order chi connectivity index (χ1) is 10.2. The number of rotatable bonds is 6. The van der Waals surface area contributed by atoms with Crippen molar-refractivity contribution in [2.75, 3.05) is 26.2 Å². The maximum atomic E-state index is 5.81. The summed E-state index contributed by atoms with van der Waals surface area (Å²) in [6.07, 6.45) is 1.49. The normalized spacial score (nSPS) is 23.0. The number of hydrogen-bond donors (Lipinski definition) is 1. The Morgan fingerprint density at radius 3 is 2.62 bits per heavy atom. The lowest BCUT2D eigenvalue weighted by molar-refractivity contribution is -0.0469. The number of hydrogen-bond acceptors (Lipinski definition) is 3. The summed E-state index contributed by atoms with van der Waals surface area (Å²) in [7, 11) is 0. The van der Waals surface area contributed by atoms with Gasteiger partial charge in [0.1, 0.15) is 0 Å². The van der Waals surface area contributed by atoms with Gasteiger partial charge >= 0.3 is 0 Å². The number of ether oxygens (including phenoxy) is 1. The average Bonchev–Trinajstić information content (AvgIpc) is 2.53. The minimum atomic E-state index is 0.381. The monoisotopic (exact) mass is 290 g/mol. The van der Waals surface area contributed by atoms with Crippen LogP contribution in [-0.4, -0.2) is 43.3 Å². The summed E-state index contributed by atoms with van der Waals surface area (Å²) in [5.41, 5.74) is 2.70. The molecule has 1 fully saturated rings. The molecule has 3 atom stereocenters. The second-order valence-corrected chi connectivity index (χ2v) is 6.08. The molecule has 0 radical (unpaired) electrons. The fraction of sp³-hybridized carbons (Fsp3) is 0.667. The molecule has 0 saturated carbocycles. The van der Waals surface area contributed by atoms with Crippen LogP contribution >= 0.6 is 0 Å². The van der Waals surface area contributed by atoms with E-state index in [1.165, 1.54) is 11.1 Å². The average molecular weight is 290 g/mol. The number of morpholine rings is 1. The van der Waals surface area contributed by atoms with Crippen molar-refractivity contribution in [1.29, 1.82) is 0 Å². The molecule has 0 bridgehead atoms. The maximum Gasteiger partial charge on any atom is 0.0700 e. The van der Waals surface area contributed by atoms with Crippen LogP contribution in [0.25, 0.3) is 0 Å². The molecule has 0 aromatic heterocycles. The van der Waals surface area contributed by atoms with Crippen LogP contribution < -0.4 is 5.32 Å². The lowest BCUT2D eigenvalue weighted by Gasteiger charge is -2.40. The van der Waals surface area contributed by atoms with E-state index >= 15 is 0 Å². The Bertz CT molecular complexity index is 418. The van der Waals surface area contributed by atoms with Crippen LogP contribution in [0.5, 0.6) is 0 Å². The van der Waals surface area contributed by atoms with Gasteiger partial charge in [-0.25, -0.2) is 0 Å². The fourth-order valence-electron chi connectivity index (χ4n) is 3.13. The summed E-state index contributed by atoms with van der Waals surface area (Å²) < 4.78 is 5.81. The van der Waals surface area contributed by atoms with Crippen LogP contribution in [0.15, 0.2) is 24.3 Å². The molecule has 1 saturated heterocycles. The molecule has 1 aliphatic rings. The van der Waals surface area contributed by atoms with E-state index in [1.807, 2.05) is 0 Å². The molecule has 0 spiro atoms. The third-order valence-corrected chi connectivity index (χ3v) is 4.54. The van der Waals surface area contributed by atoms with Gasteiger partial charge in [0.2, 0.25) is 0 Å². The molecule has 21 heavy (non-hydrogen) atoms. The number of benzene rings is 1. The van der Waals surface area contributed by atoms with Gasteiger partial charge in [-0.2, -0.15) is 0 Å². The second-order valence-electron chi connectivity index (χ2n) is 6.08. The highest BCUT2D eigenvalue weighted by atomic mass is 16.5. The van der Waals surface area contributed by atoms with Gasteiger partial charge in [-0.05, 0) is 32.4 Å². The first kappa shape index (κ1) is 16.5. The smallest absolute Gasteiger partial charge is 0.0700 e. The highest BCUT2D eigenvalue weighted by Crippen LogP contribution is 2.23. The third-order valence-electron chi connectivity index (χ3n) is 4.54. The molecule has 1 aliphatic heterocycles. The van der Waals surface area contributed by atoms with Crippen LogP contribution in [0.3, 0.4) is 0 Å². The van der Waals surface area contributed by atoms with Gasteiger partial charge < -0.3 is 10.1 Å². The molecule has 3 nitrogen and oxygen atoms in total. The Hall–Kier alpha value is -0.900. The Morgan fingerprint density at radius 1 is 1.29 bits per heavy atom. The van der Waals surface area contributed by atoms with E-state index in [0.29, 0.717) is 18.2 Å². The van der Waals surface area contributed by atoms with Crippen molar-refractivity contribution >= 4 is 0 Å².